The van der Waals surface area contributed by atoms with E-state index in [4.69, 9.17) is 9.16 Å². The molecule has 20 heavy (non-hydrogen) atoms. The molecule has 0 unspecified atom stereocenters. The predicted octanol–water partition coefficient (Wildman–Crippen LogP) is 4.44. The average Bonchev–Trinajstić information content (AvgIpc) is 2.34. The van der Waals surface area contributed by atoms with Gasteiger partial charge in [-0.05, 0) is 29.6 Å². The van der Waals surface area contributed by atoms with E-state index in [-0.39, 0.29) is 18.0 Å². The van der Waals surface area contributed by atoms with Crippen LogP contribution in [0.1, 0.15) is 54.9 Å². The first-order chi connectivity index (χ1) is 9.21. The molecular formula is C16H30O3Si. The first kappa shape index (κ1) is 17.4. The fraction of sp³-hybridized carbons (Fsp3) is 0.812. The van der Waals surface area contributed by atoms with Crippen LogP contribution in [0.4, 0.5) is 0 Å². The maximum atomic E-state index is 11.5. The summed E-state index contributed by atoms with van der Waals surface area (Å²) in [6, 6.07) is 0. The molecule has 0 radical (unpaired) electrons. The molecule has 0 bridgehead atoms. The average molecular weight is 298 g/mol. The van der Waals surface area contributed by atoms with E-state index in [0.717, 1.165) is 0 Å². The molecule has 0 aromatic rings. The van der Waals surface area contributed by atoms with Crippen LogP contribution in [0.25, 0.3) is 0 Å². The standard InChI is InChI=1S/C16H30O3Si/c1-11(2)20(12(3)4,13(5)6)19-15-8-9-18-16(10-15)14(7)17/h8-9,11-13,15-16H,10H2,1-7H3/t15-,16+/m1/s1. The van der Waals surface area contributed by atoms with E-state index in [1.165, 1.54) is 0 Å². The van der Waals surface area contributed by atoms with Gasteiger partial charge < -0.3 is 9.16 Å². The molecule has 3 nitrogen and oxygen atoms in total. The van der Waals surface area contributed by atoms with Crippen LogP contribution in [-0.4, -0.2) is 26.3 Å². The highest BCUT2D eigenvalue weighted by Crippen LogP contribution is 2.43. The number of hydrogen-bond donors (Lipinski definition) is 0. The minimum atomic E-state index is -1.90. The quantitative estimate of drug-likeness (QED) is 0.680. The second-order valence-electron chi connectivity index (χ2n) is 6.77. The molecule has 0 spiro atoms. The van der Waals surface area contributed by atoms with E-state index in [2.05, 4.69) is 41.5 Å². The lowest BCUT2D eigenvalue weighted by molar-refractivity contribution is -0.127. The van der Waals surface area contributed by atoms with Gasteiger partial charge in [-0.15, -0.1) is 0 Å². The second kappa shape index (κ2) is 6.90. The highest BCUT2D eigenvalue weighted by atomic mass is 28.4. The van der Waals surface area contributed by atoms with Crippen molar-refractivity contribution in [2.75, 3.05) is 0 Å². The van der Waals surface area contributed by atoms with Crippen molar-refractivity contribution in [2.45, 2.75) is 83.7 Å². The van der Waals surface area contributed by atoms with Crippen molar-refractivity contribution in [3.05, 3.63) is 12.3 Å². The molecule has 0 amide bonds. The van der Waals surface area contributed by atoms with Crippen molar-refractivity contribution in [3.8, 4) is 0 Å². The summed E-state index contributed by atoms with van der Waals surface area (Å²) in [6.45, 7) is 15.2. The Kier molecular flexibility index (Phi) is 6.01. The van der Waals surface area contributed by atoms with Gasteiger partial charge in [0.05, 0.1) is 12.4 Å². The van der Waals surface area contributed by atoms with Crippen LogP contribution in [0, 0.1) is 0 Å². The second-order valence-corrected chi connectivity index (χ2v) is 12.2. The zero-order valence-corrected chi connectivity index (χ0v) is 15.0. The number of hydrogen-bond acceptors (Lipinski definition) is 3. The Morgan fingerprint density at radius 1 is 1.15 bits per heavy atom. The molecule has 0 aliphatic carbocycles. The Hall–Kier alpha value is -0.613. The van der Waals surface area contributed by atoms with Gasteiger partial charge in [-0.25, -0.2) is 0 Å². The normalized spacial score (nSPS) is 23.5. The molecule has 1 aliphatic heterocycles. The fourth-order valence-electron chi connectivity index (χ4n) is 3.59. The van der Waals surface area contributed by atoms with Crippen LogP contribution in [0.2, 0.25) is 16.6 Å². The van der Waals surface area contributed by atoms with Gasteiger partial charge in [0.25, 0.3) is 0 Å². The van der Waals surface area contributed by atoms with Gasteiger partial charge in [0.2, 0.25) is 8.32 Å². The third kappa shape index (κ3) is 3.53. The molecule has 0 aromatic carbocycles. The van der Waals surface area contributed by atoms with Crippen molar-refractivity contribution in [2.24, 2.45) is 0 Å². The Morgan fingerprint density at radius 3 is 2.05 bits per heavy atom. The minimum Gasteiger partial charge on any atom is -0.490 e. The summed E-state index contributed by atoms with van der Waals surface area (Å²) < 4.78 is 12.0. The molecule has 116 valence electrons. The summed E-state index contributed by atoms with van der Waals surface area (Å²) >= 11 is 0. The smallest absolute Gasteiger partial charge is 0.201 e. The van der Waals surface area contributed by atoms with E-state index in [1.54, 1.807) is 13.2 Å². The zero-order chi connectivity index (χ0) is 15.5. The molecule has 0 saturated heterocycles. The lowest BCUT2D eigenvalue weighted by atomic mass is 10.1. The lowest BCUT2D eigenvalue weighted by Crippen LogP contribution is -2.51. The summed E-state index contributed by atoms with van der Waals surface area (Å²) in [5.74, 6) is 0.0776. The van der Waals surface area contributed by atoms with Crippen molar-refractivity contribution in [3.63, 3.8) is 0 Å². The molecule has 1 heterocycles. The SMILES string of the molecule is CC(=O)[C@@H]1C[C@H](O[Si](C(C)C)(C(C)C)C(C)C)C=CO1. The molecule has 0 N–H and O–H groups in total. The van der Waals surface area contributed by atoms with E-state index < -0.39 is 8.32 Å². The Balaban J connectivity index is 2.93. The summed E-state index contributed by atoms with van der Waals surface area (Å²) in [6.07, 6.45) is 3.92. The van der Waals surface area contributed by atoms with Crippen LogP contribution in [0.3, 0.4) is 0 Å². The number of ketones is 1. The highest BCUT2D eigenvalue weighted by molar-refractivity contribution is 6.77. The number of carbonyl (C=O) groups excluding carboxylic acids is 1. The molecule has 1 rings (SSSR count). The minimum absolute atomic E-state index is 0.0107. The largest absolute Gasteiger partial charge is 0.490 e. The van der Waals surface area contributed by atoms with Gasteiger partial charge >= 0.3 is 0 Å². The lowest BCUT2D eigenvalue weighted by Gasteiger charge is -2.45. The number of ether oxygens (including phenoxy) is 1. The van der Waals surface area contributed by atoms with Crippen molar-refractivity contribution >= 4 is 14.1 Å². The Morgan fingerprint density at radius 2 is 1.65 bits per heavy atom. The van der Waals surface area contributed by atoms with Crippen LogP contribution in [0.5, 0.6) is 0 Å². The molecule has 1 aliphatic rings. The van der Waals surface area contributed by atoms with Gasteiger partial charge in [-0.3, -0.25) is 4.79 Å². The van der Waals surface area contributed by atoms with Crippen LogP contribution in [-0.2, 0) is 14.0 Å². The first-order valence-electron chi connectivity index (χ1n) is 7.72. The van der Waals surface area contributed by atoms with Crippen molar-refractivity contribution in [1.82, 2.24) is 0 Å². The number of carbonyl (C=O) groups is 1. The van der Waals surface area contributed by atoms with E-state index in [0.29, 0.717) is 23.0 Å². The molecule has 4 heteroatoms. The number of rotatable bonds is 6. The third-order valence-electron chi connectivity index (χ3n) is 4.50. The molecular weight excluding hydrogens is 268 g/mol. The van der Waals surface area contributed by atoms with E-state index >= 15 is 0 Å². The molecule has 2 atom stereocenters. The van der Waals surface area contributed by atoms with Gasteiger partial charge in [0, 0.05) is 6.42 Å². The highest BCUT2D eigenvalue weighted by Gasteiger charge is 2.46. The van der Waals surface area contributed by atoms with Crippen LogP contribution < -0.4 is 0 Å². The maximum absolute atomic E-state index is 11.5. The molecule has 0 aromatic heterocycles. The zero-order valence-electron chi connectivity index (χ0n) is 14.0. The summed E-state index contributed by atoms with van der Waals surface area (Å²) in [5.41, 5.74) is 1.65. The summed E-state index contributed by atoms with van der Waals surface area (Å²) in [4.78, 5) is 11.5. The topological polar surface area (TPSA) is 35.5 Å². The Labute approximate surface area is 124 Å². The maximum Gasteiger partial charge on any atom is 0.201 e. The summed E-state index contributed by atoms with van der Waals surface area (Å²) in [7, 11) is -1.90. The number of Topliss-reactive ketones (excluding diaryl/α,β-unsaturated/α-hetero) is 1. The van der Waals surface area contributed by atoms with Crippen molar-refractivity contribution < 1.29 is 14.0 Å². The van der Waals surface area contributed by atoms with Gasteiger partial charge in [-0.1, -0.05) is 41.5 Å². The fourth-order valence-corrected chi connectivity index (χ4v) is 9.11. The van der Waals surface area contributed by atoms with Gasteiger partial charge in [0.15, 0.2) is 11.9 Å². The summed E-state index contributed by atoms with van der Waals surface area (Å²) in [5, 5.41) is 0. The van der Waals surface area contributed by atoms with Crippen LogP contribution in [0.15, 0.2) is 12.3 Å². The van der Waals surface area contributed by atoms with Crippen molar-refractivity contribution in [1.29, 1.82) is 0 Å². The Bertz CT molecular complexity index is 339. The first-order valence-corrected chi connectivity index (χ1v) is 9.86. The monoisotopic (exact) mass is 298 g/mol. The van der Waals surface area contributed by atoms with E-state index in [1.807, 2.05) is 6.08 Å². The van der Waals surface area contributed by atoms with E-state index in [9.17, 15) is 4.79 Å². The van der Waals surface area contributed by atoms with Crippen LogP contribution >= 0.6 is 0 Å². The van der Waals surface area contributed by atoms with Gasteiger partial charge in [0.1, 0.15) is 0 Å². The third-order valence-corrected chi connectivity index (χ3v) is 10.6. The van der Waals surface area contributed by atoms with Gasteiger partial charge in [-0.2, -0.15) is 0 Å². The molecule has 0 saturated carbocycles. The molecule has 0 fully saturated rings. The predicted molar refractivity (Wildman–Crippen MR) is 85.2 cm³/mol.